The number of aryl methyl sites for hydroxylation is 1. The lowest BCUT2D eigenvalue weighted by Gasteiger charge is -2.27. The van der Waals surface area contributed by atoms with Gasteiger partial charge in [-0.25, -0.2) is 4.98 Å². The van der Waals surface area contributed by atoms with E-state index in [-0.39, 0.29) is 13.0 Å². The predicted octanol–water partition coefficient (Wildman–Crippen LogP) is 3.64. The molecule has 2 aromatic heterocycles. The standard InChI is InChI=1S/C14H15BrN4O.C2H6.CH4/c1-19-8-11(15)4-12(14(19)20)18-13-3-2-9(7-17-13)10-5-16-6-10;1-2;/h2-4,7-8,10,16H,5-6H2,1H3,(H,17,18);1-2H3;1H4. The molecule has 0 aliphatic carbocycles. The molecule has 126 valence electrons. The number of nitrogens with one attached hydrogen (secondary N) is 2. The van der Waals surface area contributed by atoms with E-state index in [1.165, 1.54) is 10.1 Å². The van der Waals surface area contributed by atoms with Gasteiger partial charge in [-0.3, -0.25) is 4.79 Å². The topological polar surface area (TPSA) is 59.0 Å². The largest absolute Gasteiger partial charge is 0.336 e. The van der Waals surface area contributed by atoms with Crippen LogP contribution in [0.4, 0.5) is 11.5 Å². The van der Waals surface area contributed by atoms with Crippen LogP contribution >= 0.6 is 15.9 Å². The summed E-state index contributed by atoms with van der Waals surface area (Å²) >= 11 is 3.38. The molecular weight excluding hydrogens is 356 g/mol. The molecule has 1 saturated heterocycles. The Hall–Kier alpha value is -1.66. The van der Waals surface area contributed by atoms with Crippen LogP contribution in [0.15, 0.2) is 39.9 Å². The Labute approximate surface area is 146 Å². The molecule has 0 bridgehead atoms. The van der Waals surface area contributed by atoms with Gasteiger partial charge in [0.05, 0.1) is 0 Å². The highest BCUT2D eigenvalue weighted by Crippen LogP contribution is 2.21. The average molecular weight is 381 g/mol. The van der Waals surface area contributed by atoms with Crippen molar-refractivity contribution in [1.29, 1.82) is 0 Å². The van der Waals surface area contributed by atoms with Gasteiger partial charge in [0.25, 0.3) is 5.56 Å². The number of aromatic nitrogens is 2. The molecule has 0 aromatic carbocycles. The van der Waals surface area contributed by atoms with E-state index in [0.29, 0.717) is 17.4 Å². The lowest BCUT2D eigenvalue weighted by molar-refractivity contribution is 0.447. The second kappa shape index (κ2) is 8.84. The number of anilines is 2. The first-order valence-corrected chi connectivity index (χ1v) is 8.22. The number of halogens is 1. The van der Waals surface area contributed by atoms with Crippen molar-refractivity contribution in [2.24, 2.45) is 7.05 Å². The highest BCUT2D eigenvalue weighted by Gasteiger charge is 2.18. The van der Waals surface area contributed by atoms with Crippen molar-refractivity contribution in [2.45, 2.75) is 27.2 Å². The van der Waals surface area contributed by atoms with Crippen LogP contribution < -0.4 is 16.2 Å². The number of nitrogens with zero attached hydrogens (tertiary/aromatic N) is 2. The molecule has 0 atom stereocenters. The van der Waals surface area contributed by atoms with E-state index in [2.05, 4.69) is 37.6 Å². The SMILES string of the molecule is C.CC.Cn1cc(Br)cc(Nc2ccc(C3CNC3)cn2)c1=O. The Morgan fingerprint density at radius 3 is 2.57 bits per heavy atom. The molecule has 0 saturated carbocycles. The molecule has 0 unspecified atom stereocenters. The van der Waals surface area contributed by atoms with Crippen molar-refractivity contribution >= 4 is 27.4 Å². The van der Waals surface area contributed by atoms with Gasteiger partial charge >= 0.3 is 0 Å². The van der Waals surface area contributed by atoms with Gasteiger partial charge in [0.15, 0.2) is 0 Å². The average Bonchev–Trinajstić information content (AvgIpc) is 2.46. The van der Waals surface area contributed by atoms with Crippen molar-refractivity contribution < 1.29 is 0 Å². The number of rotatable bonds is 3. The molecule has 2 aromatic rings. The first kappa shape index (κ1) is 19.4. The second-order valence-electron chi connectivity index (χ2n) is 4.94. The maximum absolute atomic E-state index is 12.0. The minimum atomic E-state index is -0.0812. The van der Waals surface area contributed by atoms with Crippen molar-refractivity contribution in [3.05, 3.63) is 51.0 Å². The van der Waals surface area contributed by atoms with Crippen LogP contribution in [0, 0.1) is 0 Å². The van der Waals surface area contributed by atoms with Crippen molar-refractivity contribution in [3.8, 4) is 0 Å². The molecule has 3 heterocycles. The van der Waals surface area contributed by atoms with Gasteiger partial charge in [-0.15, -0.1) is 0 Å². The summed E-state index contributed by atoms with van der Waals surface area (Å²) in [6.07, 6.45) is 3.60. The third-order valence-electron chi connectivity index (χ3n) is 3.45. The zero-order valence-corrected chi connectivity index (χ0v) is 14.6. The zero-order chi connectivity index (χ0) is 16.1. The molecule has 1 aliphatic rings. The molecule has 1 aliphatic heterocycles. The fourth-order valence-corrected chi connectivity index (χ4v) is 2.68. The van der Waals surface area contributed by atoms with Crippen LogP contribution in [-0.4, -0.2) is 22.6 Å². The molecule has 0 radical (unpaired) electrons. The lowest BCUT2D eigenvalue weighted by Crippen LogP contribution is -2.39. The maximum Gasteiger partial charge on any atom is 0.274 e. The molecule has 0 spiro atoms. The monoisotopic (exact) mass is 380 g/mol. The summed E-state index contributed by atoms with van der Waals surface area (Å²) in [4.78, 5) is 16.4. The number of hydrogen-bond acceptors (Lipinski definition) is 4. The molecule has 1 fully saturated rings. The highest BCUT2D eigenvalue weighted by molar-refractivity contribution is 9.10. The molecule has 3 rings (SSSR count). The van der Waals surface area contributed by atoms with Gasteiger partial charge in [-0.05, 0) is 33.6 Å². The van der Waals surface area contributed by atoms with E-state index < -0.39 is 0 Å². The third kappa shape index (κ3) is 4.65. The number of hydrogen-bond donors (Lipinski definition) is 2. The summed E-state index contributed by atoms with van der Waals surface area (Å²) in [5, 5.41) is 6.31. The molecule has 2 N–H and O–H groups in total. The normalized spacial score (nSPS) is 13.2. The molecule has 5 nitrogen and oxygen atoms in total. The fourth-order valence-electron chi connectivity index (χ4n) is 2.14. The molecule has 6 heteroatoms. The van der Waals surface area contributed by atoms with Crippen LogP contribution in [0.25, 0.3) is 0 Å². The Kier molecular flexibility index (Phi) is 7.45. The molecule has 23 heavy (non-hydrogen) atoms. The first-order chi connectivity index (χ1) is 10.6. The third-order valence-corrected chi connectivity index (χ3v) is 3.89. The maximum atomic E-state index is 12.0. The van der Waals surface area contributed by atoms with Gasteiger partial charge in [-0.1, -0.05) is 27.3 Å². The predicted molar refractivity (Wildman–Crippen MR) is 101 cm³/mol. The van der Waals surface area contributed by atoms with E-state index in [4.69, 9.17) is 0 Å². The quantitative estimate of drug-likeness (QED) is 0.853. The zero-order valence-electron chi connectivity index (χ0n) is 13.1. The smallest absolute Gasteiger partial charge is 0.274 e. The van der Waals surface area contributed by atoms with Crippen LogP contribution in [-0.2, 0) is 7.05 Å². The Morgan fingerprint density at radius 1 is 1.35 bits per heavy atom. The summed E-state index contributed by atoms with van der Waals surface area (Å²) in [5.74, 6) is 1.24. The van der Waals surface area contributed by atoms with Crippen LogP contribution in [0.2, 0.25) is 0 Å². The van der Waals surface area contributed by atoms with E-state index in [1.807, 2.05) is 26.1 Å². The molecule has 0 amide bonds. The molecular formula is C17H25BrN4O. The van der Waals surface area contributed by atoms with Gasteiger partial charge in [0, 0.05) is 42.9 Å². The van der Waals surface area contributed by atoms with E-state index >= 15 is 0 Å². The Balaban J connectivity index is 0.000000849. The summed E-state index contributed by atoms with van der Waals surface area (Å²) in [6.45, 7) is 6.03. The van der Waals surface area contributed by atoms with Gasteiger partial charge < -0.3 is 15.2 Å². The Bertz CT molecular complexity index is 678. The summed E-state index contributed by atoms with van der Waals surface area (Å²) in [7, 11) is 1.72. The van der Waals surface area contributed by atoms with Gasteiger partial charge in [0.2, 0.25) is 0 Å². The minimum absolute atomic E-state index is 0. The van der Waals surface area contributed by atoms with Crippen LogP contribution in [0.3, 0.4) is 0 Å². The summed E-state index contributed by atoms with van der Waals surface area (Å²) in [6, 6.07) is 5.73. The number of pyridine rings is 2. The lowest BCUT2D eigenvalue weighted by atomic mass is 9.95. The summed E-state index contributed by atoms with van der Waals surface area (Å²) < 4.78 is 2.38. The fraction of sp³-hybridized carbons (Fsp3) is 0.412. The first-order valence-electron chi connectivity index (χ1n) is 7.43. The minimum Gasteiger partial charge on any atom is -0.336 e. The van der Waals surface area contributed by atoms with E-state index in [9.17, 15) is 4.79 Å². The van der Waals surface area contributed by atoms with Crippen molar-refractivity contribution in [1.82, 2.24) is 14.9 Å². The Morgan fingerprint density at radius 2 is 2.04 bits per heavy atom. The van der Waals surface area contributed by atoms with Crippen molar-refractivity contribution in [3.63, 3.8) is 0 Å². The van der Waals surface area contributed by atoms with Crippen LogP contribution in [0.5, 0.6) is 0 Å². The highest BCUT2D eigenvalue weighted by atomic mass is 79.9. The van der Waals surface area contributed by atoms with Gasteiger partial charge in [-0.2, -0.15) is 0 Å². The van der Waals surface area contributed by atoms with Crippen LogP contribution in [0.1, 0.15) is 32.8 Å². The van der Waals surface area contributed by atoms with E-state index in [0.717, 1.165) is 17.6 Å². The van der Waals surface area contributed by atoms with Gasteiger partial charge in [0.1, 0.15) is 11.5 Å². The summed E-state index contributed by atoms with van der Waals surface area (Å²) in [5.41, 5.74) is 1.66. The van der Waals surface area contributed by atoms with E-state index in [1.54, 1.807) is 19.3 Å². The second-order valence-corrected chi connectivity index (χ2v) is 5.86. The van der Waals surface area contributed by atoms with Crippen molar-refractivity contribution in [2.75, 3.05) is 18.4 Å².